The number of benzene rings is 1. The van der Waals surface area contributed by atoms with Crippen LogP contribution in [0.5, 0.6) is 0 Å². The van der Waals surface area contributed by atoms with E-state index in [-0.39, 0.29) is 35.4 Å². The molecule has 0 aliphatic rings. The van der Waals surface area contributed by atoms with Crippen molar-refractivity contribution in [2.75, 3.05) is 6.54 Å². The van der Waals surface area contributed by atoms with Gasteiger partial charge in [0.25, 0.3) is 5.89 Å². The zero-order valence-electron chi connectivity index (χ0n) is 13.7. The summed E-state index contributed by atoms with van der Waals surface area (Å²) in [6.07, 6.45) is 5.04. The Labute approximate surface area is 145 Å². The van der Waals surface area contributed by atoms with Gasteiger partial charge >= 0.3 is 5.97 Å². The zero-order chi connectivity index (χ0) is 18.4. The molecule has 0 spiro atoms. The number of carbonyl (C=O) groups is 1. The molecule has 0 saturated carbocycles. The van der Waals surface area contributed by atoms with Crippen molar-refractivity contribution in [2.45, 2.75) is 31.3 Å². The topological polar surface area (TPSA) is 111 Å². The number of esters is 1. The molecule has 25 heavy (non-hydrogen) atoms. The van der Waals surface area contributed by atoms with Crippen molar-refractivity contribution >= 4 is 16.0 Å². The van der Waals surface area contributed by atoms with Gasteiger partial charge in [0.2, 0.25) is 10.0 Å². The molecule has 1 aromatic carbocycles. The monoisotopic (exact) mass is 363 g/mol. The minimum absolute atomic E-state index is 0.0761. The highest BCUT2D eigenvalue weighted by Gasteiger charge is 2.17. The van der Waals surface area contributed by atoms with E-state index in [2.05, 4.69) is 20.8 Å². The lowest BCUT2D eigenvalue weighted by Crippen LogP contribution is -2.24. The van der Waals surface area contributed by atoms with E-state index in [1.165, 1.54) is 24.3 Å². The van der Waals surface area contributed by atoms with E-state index in [9.17, 15) is 13.2 Å². The lowest BCUT2D eigenvalue weighted by molar-refractivity contribution is 0.0429. The highest BCUT2D eigenvalue weighted by atomic mass is 32.2. The predicted octanol–water partition coefficient (Wildman–Crippen LogP) is 1.46. The number of hydrogen-bond acceptors (Lipinski definition) is 7. The molecule has 9 heteroatoms. The Morgan fingerprint density at radius 1 is 1.44 bits per heavy atom. The summed E-state index contributed by atoms with van der Waals surface area (Å²) in [5.74, 6) is 2.23. The maximum Gasteiger partial charge on any atom is 0.338 e. The highest BCUT2D eigenvalue weighted by molar-refractivity contribution is 7.89. The van der Waals surface area contributed by atoms with Crippen LogP contribution in [0.15, 0.2) is 33.7 Å². The second kappa shape index (κ2) is 7.92. The van der Waals surface area contributed by atoms with E-state index < -0.39 is 16.0 Å². The molecule has 0 amide bonds. The third kappa shape index (κ3) is 4.89. The van der Waals surface area contributed by atoms with Crippen LogP contribution in [0.1, 0.15) is 41.8 Å². The van der Waals surface area contributed by atoms with Gasteiger partial charge in [-0.2, -0.15) is 9.71 Å². The van der Waals surface area contributed by atoms with Crippen LogP contribution in [-0.2, 0) is 21.4 Å². The number of nitrogens with zero attached hydrogens (tertiary/aromatic N) is 2. The van der Waals surface area contributed by atoms with E-state index >= 15 is 0 Å². The Morgan fingerprint density at radius 3 is 2.84 bits per heavy atom. The van der Waals surface area contributed by atoms with Crippen molar-refractivity contribution in [2.24, 2.45) is 0 Å². The van der Waals surface area contributed by atoms with Gasteiger partial charge in [-0.15, -0.1) is 6.42 Å². The summed E-state index contributed by atoms with van der Waals surface area (Å²) in [7, 11) is -3.79. The molecule has 0 saturated heterocycles. The maximum absolute atomic E-state index is 12.1. The molecule has 0 fully saturated rings. The lowest BCUT2D eigenvalue weighted by Gasteiger charge is -2.06. The molecule has 1 aromatic heterocycles. The van der Waals surface area contributed by atoms with E-state index in [1.54, 1.807) is 0 Å². The largest absolute Gasteiger partial charge is 0.452 e. The lowest BCUT2D eigenvalue weighted by atomic mass is 10.2. The number of sulfonamides is 1. The fourth-order valence-corrected chi connectivity index (χ4v) is 2.76. The first-order valence-corrected chi connectivity index (χ1v) is 8.84. The molecule has 0 aliphatic carbocycles. The number of nitrogens with one attached hydrogen (secondary N) is 1. The van der Waals surface area contributed by atoms with Gasteiger partial charge in [0, 0.05) is 5.92 Å². The second-order valence-electron chi connectivity index (χ2n) is 5.33. The molecule has 0 unspecified atom stereocenters. The molecule has 1 heterocycles. The van der Waals surface area contributed by atoms with Crippen molar-refractivity contribution in [3.05, 3.63) is 41.5 Å². The highest BCUT2D eigenvalue weighted by Crippen LogP contribution is 2.14. The normalized spacial score (nSPS) is 11.3. The molecule has 2 aromatic rings. The Balaban J connectivity index is 2.07. The second-order valence-corrected chi connectivity index (χ2v) is 7.10. The first-order chi connectivity index (χ1) is 11.8. The van der Waals surface area contributed by atoms with E-state index in [0.717, 1.165) is 0 Å². The minimum atomic E-state index is -3.79. The summed E-state index contributed by atoms with van der Waals surface area (Å²) >= 11 is 0. The van der Waals surface area contributed by atoms with Gasteiger partial charge in [0.15, 0.2) is 12.4 Å². The zero-order valence-corrected chi connectivity index (χ0v) is 14.5. The summed E-state index contributed by atoms with van der Waals surface area (Å²) in [6, 6.07) is 5.43. The summed E-state index contributed by atoms with van der Waals surface area (Å²) in [5.41, 5.74) is 0.0761. The van der Waals surface area contributed by atoms with Crippen molar-refractivity contribution in [1.82, 2.24) is 14.9 Å². The molecule has 132 valence electrons. The number of aromatic nitrogens is 2. The van der Waals surface area contributed by atoms with Gasteiger partial charge < -0.3 is 9.26 Å². The SMILES string of the molecule is C#CCNS(=O)(=O)c1cccc(C(=O)OCc2nc(C(C)C)no2)c1. The van der Waals surface area contributed by atoms with Crippen LogP contribution in [0.2, 0.25) is 0 Å². The van der Waals surface area contributed by atoms with Crippen LogP contribution < -0.4 is 4.72 Å². The van der Waals surface area contributed by atoms with Gasteiger partial charge in [-0.05, 0) is 18.2 Å². The molecule has 1 N–H and O–H groups in total. The van der Waals surface area contributed by atoms with E-state index in [4.69, 9.17) is 15.7 Å². The van der Waals surface area contributed by atoms with Gasteiger partial charge in [0.1, 0.15) is 0 Å². The third-order valence-corrected chi connectivity index (χ3v) is 4.47. The average Bonchev–Trinajstić information content (AvgIpc) is 3.07. The number of ether oxygens (including phenoxy) is 1. The molecule has 8 nitrogen and oxygen atoms in total. The van der Waals surface area contributed by atoms with E-state index in [0.29, 0.717) is 5.82 Å². The molecular weight excluding hydrogens is 346 g/mol. The molecule has 0 aliphatic heterocycles. The smallest absolute Gasteiger partial charge is 0.338 e. The molecule has 0 radical (unpaired) electrons. The molecular formula is C16H17N3O5S. The van der Waals surface area contributed by atoms with Crippen LogP contribution in [-0.4, -0.2) is 31.1 Å². The Bertz CT molecular complexity index is 896. The summed E-state index contributed by atoms with van der Waals surface area (Å²) in [4.78, 5) is 16.1. The minimum Gasteiger partial charge on any atom is -0.452 e. The molecule has 2 rings (SSSR count). The van der Waals surface area contributed by atoms with Crippen LogP contribution in [0.25, 0.3) is 0 Å². The Morgan fingerprint density at radius 2 is 2.20 bits per heavy atom. The maximum atomic E-state index is 12.1. The van der Waals surface area contributed by atoms with Gasteiger partial charge in [0.05, 0.1) is 17.0 Å². The standard InChI is InChI=1S/C16H17N3O5S/c1-4-8-17-25(21,22)13-7-5-6-12(9-13)16(20)23-10-14-18-15(11(2)3)19-24-14/h1,5-7,9,11,17H,8,10H2,2-3H3. The van der Waals surface area contributed by atoms with Gasteiger partial charge in [-0.3, -0.25) is 0 Å². The van der Waals surface area contributed by atoms with Crippen LogP contribution >= 0.6 is 0 Å². The summed E-state index contributed by atoms with van der Waals surface area (Å²) in [6.45, 7) is 3.46. The van der Waals surface area contributed by atoms with E-state index in [1.807, 2.05) is 13.8 Å². The summed E-state index contributed by atoms with van der Waals surface area (Å²) in [5, 5.41) is 3.76. The van der Waals surface area contributed by atoms with Crippen LogP contribution in [0.4, 0.5) is 0 Å². The molecule has 0 atom stereocenters. The van der Waals surface area contributed by atoms with Crippen molar-refractivity contribution in [3.8, 4) is 12.3 Å². The number of carbonyl (C=O) groups excluding carboxylic acids is 1. The predicted molar refractivity (Wildman–Crippen MR) is 88.0 cm³/mol. The van der Waals surface area contributed by atoms with Crippen LogP contribution in [0.3, 0.4) is 0 Å². The first-order valence-electron chi connectivity index (χ1n) is 7.36. The number of terminal acetylenes is 1. The average molecular weight is 363 g/mol. The quantitative estimate of drug-likeness (QED) is 0.585. The molecule has 0 bridgehead atoms. The van der Waals surface area contributed by atoms with Crippen LogP contribution in [0, 0.1) is 12.3 Å². The fourth-order valence-electron chi connectivity index (χ4n) is 1.78. The van der Waals surface area contributed by atoms with Crippen molar-refractivity contribution in [1.29, 1.82) is 0 Å². The van der Waals surface area contributed by atoms with Crippen molar-refractivity contribution < 1.29 is 22.5 Å². The van der Waals surface area contributed by atoms with Gasteiger partial charge in [-0.1, -0.05) is 31.0 Å². The summed E-state index contributed by atoms with van der Waals surface area (Å²) < 4.78 is 36.3. The fraction of sp³-hybridized carbons (Fsp3) is 0.312. The Hall–Kier alpha value is -2.70. The van der Waals surface area contributed by atoms with Gasteiger partial charge in [-0.25, -0.2) is 13.2 Å². The third-order valence-electron chi connectivity index (χ3n) is 3.07. The first kappa shape index (κ1) is 18.6. The number of rotatable bonds is 7. The number of hydrogen-bond donors (Lipinski definition) is 1. The Kier molecular flexibility index (Phi) is 5.90. The van der Waals surface area contributed by atoms with Crippen molar-refractivity contribution in [3.63, 3.8) is 0 Å².